The second-order valence-corrected chi connectivity index (χ2v) is 16.3. The van der Waals surface area contributed by atoms with E-state index in [2.05, 4.69) is 41.5 Å². The van der Waals surface area contributed by atoms with Crippen molar-refractivity contribution in [1.29, 1.82) is 0 Å². The molecule has 0 saturated heterocycles. The van der Waals surface area contributed by atoms with Crippen LogP contribution in [0.1, 0.15) is 145 Å². The van der Waals surface area contributed by atoms with Gasteiger partial charge in [0.1, 0.15) is 19.8 Å². The molecule has 0 saturated carbocycles. The van der Waals surface area contributed by atoms with Crippen LogP contribution in [0.4, 0.5) is 0 Å². The Bertz CT molecular complexity index is 970. The molecule has 0 radical (unpaired) electrons. The van der Waals surface area contributed by atoms with Crippen molar-refractivity contribution in [3.8, 4) is 0 Å². The van der Waals surface area contributed by atoms with E-state index in [1.165, 1.54) is 0 Å². The van der Waals surface area contributed by atoms with E-state index in [1.54, 1.807) is 0 Å². The summed E-state index contributed by atoms with van der Waals surface area (Å²) in [6, 6.07) is 0. The lowest BCUT2D eigenvalue weighted by molar-refractivity contribution is -0.152. The Morgan fingerprint density at radius 3 is 1.11 bits per heavy atom. The van der Waals surface area contributed by atoms with Crippen LogP contribution >= 0.6 is 0 Å². The Morgan fingerprint density at radius 1 is 0.464 bits per heavy atom. The number of ether oxygens (including phenoxy) is 6. The van der Waals surface area contributed by atoms with Gasteiger partial charge in [0.25, 0.3) is 0 Å². The molecule has 0 aromatic rings. The van der Waals surface area contributed by atoms with Crippen molar-refractivity contribution in [1.82, 2.24) is 0 Å². The fraction of sp³-hybridized carbons (Fsp3) is 0.932. The monoisotopic (exact) mass is 802 g/mol. The molecule has 0 aromatic heterocycles. The number of unbranched alkanes of at least 4 members (excludes halogenated alkanes) is 1. The zero-order valence-corrected chi connectivity index (χ0v) is 37.0. The second kappa shape index (κ2) is 35.1. The molecule has 7 atom stereocenters. The van der Waals surface area contributed by atoms with Gasteiger partial charge in [0.05, 0.1) is 57.4 Å². The number of nitrogens with two attached hydrogens (primary N) is 3. The first-order valence-electron chi connectivity index (χ1n) is 22.3. The molecule has 0 aliphatic heterocycles. The molecule has 0 spiro atoms. The van der Waals surface area contributed by atoms with E-state index in [0.717, 1.165) is 96.3 Å². The highest BCUT2D eigenvalue weighted by Gasteiger charge is 2.28. The van der Waals surface area contributed by atoms with Crippen LogP contribution in [0.2, 0.25) is 0 Å². The quantitative estimate of drug-likeness (QED) is 0.0323. The van der Waals surface area contributed by atoms with Crippen molar-refractivity contribution in [2.24, 2.45) is 58.1 Å². The minimum Gasteiger partial charge on any atom is -0.463 e. The van der Waals surface area contributed by atoms with Gasteiger partial charge in [0.15, 0.2) is 0 Å². The Morgan fingerprint density at radius 2 is 0.804 bits per heavy atom. The van der Waals surface area contributed by atoms with Gasteiger partial charge >= 0.3 is 17.9 Å². The van der Waals surface area contributed by atoms with Crippen molar-refractivity contribution in [2.45, 2.75) is 145 Å². The Balaban J connectivity index is 5.27. The van der Waals surface area contributed by atoms with Crippen LogP contribution in [0.15, 0.2) is 0 Å². The van der Waals surface area contributed by atoms with Gasteiger partial charge in [-0.2, -0.15) is 0 Å². The lowest BCUT2D eigenvalue weighted by atomic mass is 9.88. The van der Waals surface area contributed by atoms with Crippen molar-refractivity contribution >= 4 is 17.9 Å². The van der Waals surface area contributed by atoms with Crippen molar-refractivity contribution in [3.63, 3.8) is 0 Å². The second-order valence-electron chi connectivity index (χ2n) is 16.3. The van der Waals surface area contributed by atoms with E-state index in [9.17, 15) is 14.4 Å². The minimum absolute atomic E-state index is 0.146. The van der Waals surface area contributed by atoms with E-state index in [4.69, 9.17) is 45.6 Å². The van der Waals surface area contributed by atoms with Gasteiger partial charge in [-0.1, -0.05) is 93.4 Å². The number of carbonyl (C=O) groups excluding carboxylic acids is 3. The number of rotatable bonds is 39. The van der Waals surface area contributed by atoms with Gasteiger partial charge in [-0.3, -0.25) is 14.4 Å². The third-order valence-corrected chi connectivity index (χ3v) is 10.8. The average molecular weight is 802 g/mol. The van der Waals surface area contributed by atoms with E-state index < -0.39 is 5.41 Å². The average Bonchev–Trinajstić information content (AvgIpc) is 3.19. The van der Waals surface area contributed by atoms with E-state index in [0.29, 0.717) is 37.4 Å². The van der Waals surface area contributed by atoms with Gasteiger partial charge in [0.2, 0.25) is 0 Å². The molecule has 0 bridgehead atoms. The maximum Gasteiger partial charge on any atom is 0.309 e. The molecule has 0 heterocycles. The van der Waals surface area contributed by atoms with E-state index in [1.807, 2.05) is 6.92 Å². The molecule has 4 unspecified atom stereocenters. The highest BCUT2D eigenvalue weighted by atomic mass is 16.6. The molecule has 0 aromatic carbocycles. The molecule has 332 valence electrons. The highest BCUT2D eigenvalue weighted by molar-refractivity contribution is 5.73. The van der Waals surface area contributed by atoms with Crippen LogP contribution in [0.3, 0.4) is 0 Å². The Labute approximate surface area is 342 Å². The zero-order chi connectivity index (χ0) is 42.0. The summed E-state index contributed by atoms with van der Waals surface area (Å²) in [7, 11) is 0. The maximum absolute atomic E-state index is 13.1. The van der Waals surface area contributed by atoms with Gasteiger partial charge in [0, 0.05) is 5.41 Å². The topological polar surface area (TPSA) is 185 Å². The molecule has 0 aliphatic carbocycles. The lowest BCUT2D eigenvalue weighted by Gasteiger charge is -2.29. The van der Waals surface area contributed by atoms with Gasteiger partial charge in [-0.15, -0.1) is 0 Å². The summed E-state index contributed by atoms with van der Waals surface area (Å²) < 4.78 is 35.0. The van der Waals surface area contributed by atoms with Crippen LogP contribution in [-0.4, -0.2) is 97.0 Å². The molecule has 12 nitrogen and oxygen atoms in total. The lowest BCUT2D eigenvalue weighted by Crippen LogP contribution is -2.36. The number of hydrogen-bond acceptors (Lipinski definition) is 12. The predicted molar refractivity (Wildman–Crippen MR) is 225 cm³/mol. The van der Waals surface area contributed by atoms with E-state index in [-0.39, 0.29) is 95.1 Å². The predicted octanol–water partition coefficient (Wildman–Crippen LogP) is 7.22. The summed E-state index contributed by atoms with van der Waals surface area (Å²) in [5.74, 6) is -0.152. The molecular weight excluding hydrogens is 714 g/mol. The molecule has 12 heteroatoms. The summed E-state index contributed by atoms with van der Waals surface area (Å²) in [4.78, 5) is 38.9. The summed E-state index contributed by atoms with van der Waals surface area (Å²) in [6.45, 7) is 18.3. The number of esters is 3. The summed E-state index contributed by atoms with van der Waals surface area (Å²) in [5, 5.41) is 0. The third-order valence-electron chi connectivity index (χ3n) is 10.8. The largest absolute Gasteiger partial charge is 0.463 e. The Kier molecular flexibility index (Phi) is 34.0. The summed E-state index contributed by atoms with van der Waals surface area (Å²) in [6.07, 6.45) is 13.4. The fourth-order valence-corrected chi connectivity index (χ4v) is 7.30. The van der Waals surface area contributed by atoms with Gasteiger partial charge in [-0.05, 0) is 88.8 Å². The van der Waals surface area contributed by atoms with Crippen molar-refractivity contribution in [3.05, 3.63) is 0 Å². The standard InChI is InChI=1S/C44H87N3O9/c1-8-14-19-40(28-37(31-47)16-10-3)43(50)56-25-22-53-34-44(7,32-51-20-23-54-41(48)38(17-11-4)26-35(13-6)29-45)33-52-21-24-55-42(49)39(18-12-5)27-36(30-46)15-9-2/h35-40H,8-34,45-47H2,1-7H3/t35-,36+,37+,38?,39?,40?,44?/m1/s1. The first-order chi connectivity index (χ1) is 27.0. The van der Waals surface area contributed by atoms with Gasteiger partial charge in [-0.25, -0.2) is 0 Å². The van der Waals surface area contributed by atoms with Crippen LogP contribution in [0.25, 0.3) is 0 Å². The van der Waals surface area contributed by atoms with Crippen LogP contribution in [0, 0.1) is 40.9 Å². The third kappa shape index (κ3) is 25.5. The molecule has 56 heavy (non-hydrogen) atoms. The van der Waals surface area contributed by atoms with E-state index >= 15 is 0 Å². The molecule has 0 amide bonds. The summed E-state index contributed by atoms with van der Waals surface area (Å²) in [5.41, 5.74) is 17.3. The van der Waals surface area contributed by atoms with Crippen LogP contribution in [0.5, 0.6) is 0 Å². The molecule has 0 rings (SSSR count). The number of carbonyl (C=O) groups is 3. The van der Waals surface area contributed by atoms with Crippen LogP contribution < -0.4 is 17.2 Å². The zero-order valence-electron chi connectivity index (χ0n) is 37.0. The number of hydrogen-bond donors (Lipinski definition) is 3. The summed E-state index contributed by atoms with van der Waals surface area (Å²) >= 11 is 0. The smallest absolute Gasteiger partial charge is 0.309 e. The SMILES string of the molecule is CCCCC(C[C@@H](CN)CCC)C(=O)OCCOCC(C)(COCCOC(=O)C(CCC)C[C@@H](CC)CN)COCCOC(=O)C(CCC)C[C@@H](CN)CCC. The Hall–Kier alpha value is -1.83. The van der Waals surface area contributed by atoms with Crippen LogP contribution in [-0.2, 0) is 42.8 Å². The minimum atomic E-state index is -0.574. The fourth-order valence-electron chi connectivity index (χ4n) is 7.30. The van der Waals surface area contributed by atoms with Crippen molar-refractivity contribution < 1.29 is 42.8 Å². The molecular formula is C44H87N3O9. The first-order valence-corrected chi connectivity index (χ1v) is 22.3. The molecule has 6 N–H and O–H groups in total. The molecule has 0 fully saturated rings. The highest BCUT2D eigenvalue weighted by Crippen LogP contribution is 2.25. The molecule has 0 aliphatic rings. The van der Waals surface area contributed by atoms with Gasteiger partial charge < -0.3 is 45.6 Å². The normalized spacial score (nSPS) is 16.0. The first kappa shape index (κ1) is 54.2. The van der Waals surface area contributed by atoms with Crippen molar-refractivity contribution in [2.75, 3.05) is 79.1 Å². The maximum atomic E-state index is 13.1.